The lowest BCUT2D eigenvalue weighted by atomic mass is 10.1. The molecule has 2 atom stereocenters. The van der Waals surface area contributed by atoms with Crippen LogP contribution in [0.15, 0.2) is 35.0 Å². The highest BCUT2D eigenvalue weighted by Crippen LogP contribution is 2.29. The summed E-state index contributed by atoms with van der Waals surface area (Å²) in [6, 6.07) is -0.674. The zero-order valence-corrected chi connectivity index (χ0v) is 17.4. The number of halogens is 4. The van der Waals surface area contributed by atoms with Crippen molar-refractivity contribution in [2.24, 2.45) is 0 Å². The van der Waals surface area contributed by atoms with E-state index >= 15 is 0 Å². The molecule has 2 amide bonds. The van der Waals surface area contributed by atoms with Crippen LogP contribution in [0, 0.1) is 17.5 Å². The summed E-state index contributed by atoms with van der Waals surface area (Å²) in [5.41, 5.74) is -2.88. The molecule has 2 aliphatic heterocycles. The lowest BCUT2D eigenvalue weighted by molar-refractivity contribution is 0.0631. The van der Waals surface area contributed by atoms with E-state index in [0.29, 0.717) is 12.1 Å². The van der Waals surface area contributed by atoms with E-state index in [4.69, 9.17) is 0 Å². The molecule has 0 aliphatic carbocycles. The first kappa shape index (κ1) is 22.4. The molecule has 4 rings (SSSR count). The maximum atomic E-state index is 14.4. The van der Waals surface area contributed by atoms with Gasteiger partial charge in [0.1, 0.15) is 35.5 Å². The number of fused-ring (bicyclic) bond motifs is 4. The van der Waals surface area contributed by atoms with E-state index in [9.17, 15) is 37.1 Å². The van der Waals surface area contributed by atoms with E-state index in [1.54, 1.807) is 6.92 Å². The van der Waals surface area contributed by atoms with E-state index < -0.39 is 81.7 Å². The van der Waals surface area contributed by atoms with Crippen molar-refractivity contribution in [3.8, 4) is 5.75 Å². The lowest BCUT2D eigenvalue weighted by Crippen LogP contribution is -2.57. The van der Waals surface area contributed by atoms with Crippen molar-refractivity contribution in [2.45, 2.75) is 32.5 Å². The van der Waals surface area contributed by atoms with Gasteiger partial charge in [0.25, 0.3) is 11.8 Å². The molecule has 2 N–H and O–H groups in total. The summed E-state index contributed by atoms with van der Waals surface area (Å²) in [6.45, 7) is 2.27. The standard InChI is InChI=1S/C21H18F4N4O4/c1-9-3-14(23)10(2)27-8-29(9)28-7-13(18(30)19(31)17(28)21(27)33)20(32)26-6-12-15(24)4-11(22)5-16(12)25/h3-5,7,9-10,31H,6,8H2,1-2H3,(H,26,32)/t9-,10+/m1/s1. The van der Waals surface area contributed by atoms with Crippen LogP contribution in [0.25, 0.3) is 0 Å². The minimum atomic E-state index is -1.23. The Labute approximate surface area is 184 Å². The Morgan fingerprint density at radius 1 is 1.15 bits per heavy atom. The first-order valence-corrected chi connectivity index (χ1v) is 9.86. The van der Waals surface area contributed by atoms with Gasteiger partial charge in [0.15, 0.2) is 11.4 Å². The van der Waals surface area contributed by atoms with Gasteiger partial charge in [-0.2, -0.15) is 0 Å². The highest BCUT2D eigenvalue weighted by atomic mass is 19.1. The number of aromatic hydroxyl groups is 1. The third kappa shape index (κ3) is 3.60. The van der Waals surface area contributed by atoms with Crippen LogP contribution in [0.4, 0.5) is 17.6 Å². The summed E-state index contributed by atoms with van der Waals surface area (Å²) in [5, 5.41) is 14.1. The van der Waals surface area contributed by atoms with Crippen LogP contribution in [0.1, 0.15) is 40.3 Å². The van der Waals surface area contributed by atoms with Crippen LogP contribution in [-0.4, -0.2) is 45.2 Å². The fourth-order valence-electron chi connectivity index (χ4n) is 3.81. The van der Waals surface area contributed by atoms with Gasteiger partial charge >= 0.3 is 0 Å². The SMILES string of the molecule is C[C@@H]1C=C(F)[C@H](C)N2CN1n1cc(C(=O)NCc3c(F)cc(F)cc3F)c(=O)c(O)c1C2=O. The molecule has 1 aromatic carbocycles. The Bertz CT molecular complexity index is 1250. The van der Waals surface area contributed by atoms with Gasteiger partial charge in [-0.25, -0.2) is 17.6 Å². The summed E-state index contributed by atoms with van der Waals surface area (Å²) >= 11 is 0. The average Bonchev–Trinajstić information content (AvgIpc) is 2.83. The molecule has 0 radical (unpaired) electrons. The second kappa shape index (κ2) is 7.94. The van der Waals surface area contributed by atoms with Gasteiger partial charge in [0.05, 0.1) is 12.1 Å². The number of amides is 2. The molecule has 1 aromatic heterocycles. The number of aromatic nitrogens is 1. The zero-order valence-electron chi connectivity index (χ0n) is 17.4. The Balaban J connectivity index is 1.72. The monoisotopic (exact) mass is 466 g/mol. The zero-order chi connectivity index (χ0) is 24.2. The first-order valence-electron chi connectivity index (χ1n) is 9.86. The van der Waals surface area contributed by atoms with Gasteiger partial charge in [-0.15, -0.1) is 0 Å². The van der Waals surface area contributed by atoms with Crippen LogP contribution >= 0.6 is 0 Å². The number of hydrogen-bond donors (Lipinski definition) is 2. The lowest BCUT2D eigenvalue weighted by Gasteiger charge is -2.41. The Kier molecular flexibility index (Phi) is 5.38. The average molecular weight is 466 g/mol. The highest BCUT2D eigenvalue weighted by Gasteiger charge is 2.40. The normalized spacial score (nSPS) is 19.7. The Morgan fingerprint density at radius 3 is 2.42 bits per heavy atom. The van der Waals surface area contributed by atoms with Crippen molar-refractivity contribution in [1.29, 1.82) is 0 Å². The third-order valence-corrected chi connectivity index (χ3v) is 5.72. The smallest absolute Gasteiger partial charge is 0.278 e. The fourth-order valence-corrected chi connectivity index (χ4v) is 3.81. The van der Waals surface area contributed by atoms with Gasteiger partial charge in [-0.1, -0.05) is 0 Å². The second-order valence-electron chi connectivity index (χ2n) is 7.77. The topological polar surface area (TPSA) is 94.9 Å². The minimum Gasteiger partial charge on any atom is -0.502 e. The molecule has 0 fully saturated rings. The highest BCUT2D eigenvalue weighted by molar-refractivity contribution is 5.99. The number of pyridine rings is 1. The van der Waals surface area contributed by atoms with Crippen LogP contribution in [-0.2, 0) is 6.54 Å². The van der Waals surface area contributed by atoms with Crippen molar-refractivity contribution in [3.63, 3.8) is 0 Å². The largest absolute Gasteiger partial charge is 0.502 e. The number of hydrogen-bond acceptors (Lipinski definition) is 5. The molecular formula is C21H18F4N4O4. The first-order chi connectivity index (χ1) is 15.5. The molecule has 0 saturated heterocycles. The molecule has 3 heterocycles. The Hall–Kier alpha value is -3.83. The van der Waals surface area contributed by atoms with Crippen molar-refractivity contribution in [1.82, 2.24) is 14.9 Å². The molecule has 174 valence electrons. The van der Waals surface area contributed by atoms with Crippen molar-refractivity contribution in [3.05, 3.63) is 74.7 Å². The molecular weight excluding hydrogens is 448 g/mol. The number of nitrogens with zero attached hydrogens (tertiary/aromatic N) is 3. The molecule has 12 heteroatoms. The predicted molar refractivity (Wildman–Crippen MR) is 107 cm³/mol. The van der Waals surface area contributed by atoms with Gasteiger partial charge in [-0.3, -0.25) is 24.1 Å². The number of carbonyl (C=O) groups is 2. The van der Waals surface area contributed by atoms with Gasteiger partial charge in [0, 0.05) is 30.4 Å². The fraction of sp³-hybridized carbons (Fsp3) is 0.286. The van der Waals surface area contributed by atoms with Crippen molar-refractivity contribution < 1.29 is 32.3 Å². The minimum absolute atomic E-state index is 0.0898. The molecule has 0 unspecified atom stereocenters. The van der Waals surface area contributed by atoms with Crippen LogP contribution in [0.3, 0.4) is 0 Å². The van der Waals surface area contributed by atoms with Crippen molar-refractivity contribution in [2.75, 3.05) is 11.7 Å². The molecule has 33 heavy (non-hydrogen) atoms. The molecule has 2 aliphatic rings. The van der Waals surface area contributed by atoms with Crippen molar-refractivity contribution >= 4 is 11.8 Å². The third-order valence-electron chi connectivity index (χ3n) is 5.72. The van der Waals surface area contributed by atoms with E-state index in [1.807, 2.05) is 0 Å². The van der Waals surface area contributed by atoms with Crippen LogP contribution < -0.4 is 15.8 Å². The predicted octanol–water partition coefficient (Wildman–Crippen LogP) is 1.90. The Morgan fingerprint density at radius 2 is 1.79 bits per heavy atom. The summed E-state index contributed by atoms with van der Waals surface area (Å²) < 4.78 is 56.3. The van der Waals surface area contributed by atoms with Gasteiger partial charge in [0.2, 0.25) is 5.43 Å². The molecule has 0 spiro atoms. The quantitative estimate of drug-likeness (QED) is 0.674. The second-order valence-corrected chi connectivity index (χ2v) is 7.77. The number of nitrogens with one attached hydrogen (secondary N) is 1. The number of carbonyl (C=O) groups excluding carboxylic acids is 2. The maximum Gasteiger partial charge on any atom is 0.278 e. The summed E-state index contributed by atoms with van der Waals surface area (Å²) in [5.74, 6) is -7.11. The van der Waals surface area contributed by atoms with E-state index in [1.165, 1.54) is 18.0 Å². The molecule has 2 aromatic rings. The summed E-state index contributed by atoms with van der Waals surface area (Å²) in [6.07, 6.45) is 2.26. The van der Waals surface area contributed by atoms with Gasteiger partial charge < -0.3 is 15.3 Å². The number of rotatable bonds is 3. The number of benzene rings is 1. The van der Waals surface area contributed by atoms with Crippen LogP contribution in [0.5, 0.6) is 5.75 Å². The molecule has 0 saturated carbocycles. The van der Waals surface area contributed by atoms with E-state index in [2.05, 4.69) is 5.32 Å². The van der Waals surface area contributed by atoms with Gasteiger partial charge in [-0.05, 0) is 19.9 Å². The maximum absolute atomic E-state index is 14.4. The van der Waals surface area contributed by atoms with Crippen LogP contribution in [0.2, 0.25) is 0 Å². The van der Waals surface area contributed by atoms with E-state index in [-0.39, 0.29) is 6.67 Å². The molecule has 2 bridgehead atoms. The van der Waals surface area contributed by atoms with E-state index in [0.717, 1.165) is 15.8 Å². The summed E-state index contributed by atoms with van der Waals surface area (Å²) in [7, 11) is 0. The summed E-state index contributed by atoms with van der Waals surface area (Å²) in [4.78, 5) is 39.3. The molecule has 8 nitrogen and oxygen atoms in total.